The largest absolute Gasteiger partial charge is 0.497 e. The van der Waals surface area contributed by atoms with E-state index in [0.717, 1.165) is 36.6 Å². The van der Waals surface area contributed by atoms with Crippen LogP contribution in [-0.2, 0) is 6.54 Å². The summed E-state index contributed by atoms with van der Waals surface area (Å²) in [6.07, 6.45) is 6.30. The highest BCUT2D eigenvalue weighted by Gasteiger charge is 2.05. The number of methoxy groups -OCH3 is 1. The van der Waals surface area contributed by atoms with Crippen LogP contribution in [0.15, 0.2) is 18.2 Å². The molecule has 0 aromatic heterocycles. The van der Waals surface area contributed by atoms with Crippen LogP contribution in [0.4, 0.5) is 0 Å². The van der Waals surface area contributed by atoms with E-state index >= 15 is 0 Å². The van der Waals surface area contributed by atoms with Crippen molar-refractivity contribution in [3.63, 3.8) is 0 Å². The Labute approximate surface area is 103 Å². The topological polar surface area (TPSA) is 30.5 Å². The van der Waals surface area contributed by atoms with Crippen LogP contribution in [-0.4, -0.2) is 20.3 Å². The average molecular weight is 233 g/mol. The van der Waals surface area contributed by atoms with Gasteiger partial charge in [0.15, 0.2) is 0 Å². The van der Waals surface area contributed by atoms with E-state index in [0.29, 0.717) is 0 Å². The second-order valence-electron chi connectivity index (χ2n) is 3.64. The fraction of sp³-hybridized carbons (Fsp3) is 0.429. The van der Waals surface area contributed by atoms with Crippen molar-refractivity contribution >= 4 is 0 Å². The number of ether oxygens (including phenoxy) is 2. The molecule has 0 heterocycles. The van der Waals surface area contributed by atoms with Crippen LogP contribution in [0.3, 0.4) is 0 Å². The first-order chi connectivity index (χ1) is 8.31. The Balaban J connectivity index is 2.75. The molecule has 0 atom stereocenters. The molecular formula is C14H19NO2. The number of hydrogen-bond donors (Lipinski definition) is 1. The van der Waals surface area contributed by atoms with Gasteiger partial charge in [-0.15, -0.1) is 6.42 Å². The van der Waals surface area contributed by atoms with Gasteiger partial charge in [0.05, 0.1) is 7.11 Å². The second kappa shape index (κ2) is 7.59. The van der Waals surface area contributed by atoms with E-state index in [2.05, 4.69) is 18.2 Å². The summed E-state index contributed by atoms with van der Waals surface area (Å²) in [5.41, 5.74) is 1.09. The first-order valence-electron chi connectivity index (χ1n) is 5.75. The number of terminal acetylenes is 1. The van der Waals surface area contributed by atoms with Gasteiger partial charge < -0.3 is 14.8 Å². The summed E-state index contributed by atoms with van der Waals surface area (Å²) in [5, 5.41) is 3.33. The summed E-state index contributed by atoms with van der Waals surface area (Å²) in [7, 11) is 1.63. The average Bonchev–Trinajstić information content (AvgIpc) is 2.37. The van der Waals surface area contributed by atoms with Crippen molar-refractivity contribution in [1.82, 2.24) is 5.32 Å². The van der Waals surface area contributed by atoms with Crippen molar-refractivity contribution in [2.75, 3.05) is 20.3 Å². The third-order valence-corrected chi connectivity index (χ3v) is 2.33. The molecule has 0 aliphatic carbocycles. The molecule has 3 nitrogen and oxygen atoms in total. The maximum atomic E-state index is 5.50. The predicted molar refractivity (Wildman–Crippen MR) is 69.3 cm³/mol. The minimum atomic E-state index is 0.272. The molecule has 1 rings (SSSR count). The fourth-order valence-electron chi connectivity index (χ4n) is 1.46. The van der Waals surface area contributed by atoms with Crippen molar-refractivity contribution in [2.45, 2.75) is 19.9 Å². The van der Waals surface area contributed by atoms with Gasteiger partial charge in [-0.3, -0.25) is 0 Å². The molecule has 0 aliphatic rings. The lowest BCUT2D eigenvalue weighted by Gasteiger charge is -2.12. The molecule has 0 saturated carbocycles. The van der Waals surface area contributed by atoms with Crippen molar-refractivity contribution in [3.8, 4) is 23.8 Å². The summed E-state index contributed by atoms with van der Waals surface area (Å²) in [4.78, 5) is 0. The molecule has 3 heteroatoms. The lowest BCUT2D eigenvalue weighted by Crippen LogP contribution is -2.14. The number of benzene rings is 1. The standard InChI is InChI=1S/C14H19NO2/c1-4-8-15-11-12-6-7-13(16-3)10-14(12)17-9-5-2/h2,6-7,10,15H,4,8-9,11H2,1,3H3. The normalized spacial score (nSPS) is 9.71. The van der Waals surface area contributed by atoms with Gasteiger partial charge in [-0.05, 0) is 19.0 Å². The Morgan fingerprint density at radius 2 is 2.24 bits per heavy atom. The first-order valence-corrected chi connectivity index (χ1v) is 5.75. The van der Waals surface area contributed by atoms with Crippen molar-refractivity contribution < 1.29 is 9.47 Å². The van der Waals surface area contributed by atoms with Gasteiger partial charge in [-0.25, -0.2) is 0 Å². The molecule has 0 radical (unpaired) electrons. The Hall–Kier alpha value is -1.66. The van der Waals surface area contributed by atoms with Gasteiger partial charge in [0.25, 0.3) is 0 Å². The smallest absolute Gasteiger partial charge is 0.148 e. The molecule has 0 saturated heterocycles. The summed E-state index contributed by atoms with van der Waals surface area (Å²) < 4.78 is 10.7. The van der Waals surface area contributed by atoms with E-state index < -0.39 is 0 Å². The molecule has 0 amide bonds. The van der Waals surface area contributed by atoms with Crippen LogP contribution >= 0.6 is 0 Å². The van der Waals surface area contributed by atoms with E-state index in [4.69, 9.17) is 15.9 Å². The number of nitrogens with one attached hydrogen (secondary N) is 1. The van der Waals surface area contributed by atoms with Gasteiger partial charge >= 0.3 is 0 Å². The third-order valence-electron chi connectivity index (χ3n) is 2.33. The monoisotopic (exact) mass is 233 g/mol. The molecule has 0 bridgehead atoms. The van der Waals surface area contributed by atoms with Gasteiger partial charge in [0.1, 0.15) is 18.1 Å². The Kier molecular flexibility index (Phi) is 5.98. The molecule has 0 spiro atoms. The van der Waals surface area contributed by atoms with E-state index in [-0.39, 0.29) is 6.61 Å². The first kappa shape index (κ1) is 13.4. The molecule has 1 N–H and O–H groups in total. The molecule has 17 heavy (non-hydrogen) atoms. The van der Waals surface area contributed by atoms with Crippen LogP contribution in [0, 0.1) is 12.3 Å². The molecule has 0 aliphatic heterocycles. The maximum absolute atomic E-state index is 5.50. The molecule has 1 aromatic rings. The van der Waals surface area contributed by atoms with Crippen molar-refractivity contribution in [3.05, 3.63) is 23.8 Å². The van der Waals surface area contributed by atoms with E-state index in [1.807, 2.05) is 18.2 Å². The zero-order valence-corrected chi connectivity index (χ0v) is 10.5. The highest BCUT2D eigenvalue weighted by molar-refractivity contribution is 5.40. The summed E-state index contributed by atoms with van der Waals surface area (Å²) in [6.45, 7) is 4.17. The molecular weight excluding hydrogens is 214 g/mol. The lowest BCUT2D eigenvalue weighted by atomic mass is 10.2. The molecule has 1 aromatic carbocycles. The van der Waals surface area contributed by atoms with Crippen LogP contribution in [0.2, 0.25) is 0 Å². The highest BCUT2D eigenvalue weighted by atomic mass is 16.5. The Morgan fingerprint density at radius 3 is 2.88 bits per heavy atom. The Bertz CT molecular complexity index is 382. The van der Waals surface area contributed by atoms with Gasteiger partial charge in [0, 0.05) is 18.2 Å². The number of hydrogen-bond acceptors (Lipinski definition) is 3. The minimum Gasteiger partial charge on any atom is -0.497 e. The summed E-state index contributed by atoms with van der Waals surface area (Å²) >= 11 is 0. The van der Waals surface area contributed by atoms with Crippen LogP contribution in [0.1, 0.15) is 18.9 Å². The fourth-order valence-corrected chi connectivity index (χ4v) is 1.46. The van der Waals surface area contributed by atoms with Crippen LogP contribution < -0.4 is 14.8 Å². The maximum Gasteiger partial charge on any atom is 0.148 e. The Morgan fingerprint density at radius 1 is 1.41 bits per heavy atom. The summed E-state index contributed by atoms with van der Waals surface area (Å²) in [6, 6.07) is 5.78. The minimum absolute atomic E-state index is 0.272. The van der Waals surface area contributed by atoms with Gasteiger partial charge in [0.2, 0.25) is 0 Å². The van der Waals surface area contributed by atoms with Crippen molar-refractivity contribution in [2.24, 2.45) is 0 Å². The van der Waals surface area contributed by atoms with E-state index in [9.17, 15) is 0 Å². The van der Waals surface area contributed by atoms with E-state index in [1.54, 1.807) is 7.11 Å². The summed E-state index contributed by atoms with van der Waals surface area (Å²) in [5.74, 6) is 4.02. The molecule has 0 unspecified atom stereocenters. The van der Waals surface area contributed by atoms with Crippen molar-refractivity contribution in [1.29, 1.82) is 0 Å². The zero-order chi connectivity index (χ0) is 12.5. The van der Waals surface area contributed by atoms with Crippen LogP contribution in [0.5, 0.6) is 11.5 Å². The van der Waals surface area contributed by atoms with Crippen LogP contribution in [0.25, 0.3) is 0 Å². The quantitative estimate of drug-likeness (QED) is 0.578. The SMILES string of the molecule is C#CCOc1cc(OC)ccc1CNCCC. The van der Waals surface area contributed by atoms with E-state index in [1.165, 1.54) is 0 Å². The zero-order valence-electron chi connectivity index (χ0n) is 10.5. The highest BCUT2D eigenvalue weighted by Crippen LogP contribution is 2.24. The second-order valence-corrected chi connectivity index (χ2v) is 3.64. The number of rotatable bonds is 7. The van der Waals surface area contributed by atoms with Gasteiger partial charge in [-0.2, -0.15) is 0 Å². The molecule has 92 valence electrons. The lowest BCUT2D eigenvalue weighted by molar-refractivity contribution is 0.358. The third kappa shape index (κ3) is 4.38. The molecule has 0 fully saturated rings. The van der Waals surface area contributed by atoms with Gasteiger partial charge in [-0.1, -0.05) is 18.9 Å². The predicted octanol–water partition coefficient (Wildman–Crippen LogP) is 2.21.